The number of anilines is 2. The smallest absolute Gasteiger partial charge is 0.253 e. The normalized spacial score (nSPS) is 15.1. The molecule has 1 aromatic heterocycles. The minimum Gasteiger partial charge on any atom is -0.357 e. The Morgan fingerprint density at radius 1 is 1.07 bits per heavy atom. The van der Waals surface area contributed by atoms with Crippen molar-refractivity contribution in [1.29, 1.82) is 0 Å². The van der Waals surface area contributed by atoms with Gasteiger partial charge in [-0.1, -0.05) is 26.0 Å². The van der Waals surface area contributed by atoms with Gasteiger partial charge >= 0.3 is 0 Å². The molecule has 6 nitrogen and oxygen atoms in total. The predicted octanol–water partition coefficient (Wildman–Crippen LogP) is 4.23. The van der Waals surface area contributed by atoms with Crippen LogP contribution in [-0.2, 0) is 4.79 Å². The monoisotopic (exact) mass is 458 g/mol. The van der Waals surface area contributed by atoms with Crippen molar-refractivity contribution in [2.75, 3.05) is 23.3 Å². The van der Waals surface area contributed by atoms with E-state index < -0.39 is 6.04 Å². The fraction of sp³-hybridized carbons (Fsp3) is 0.409. The second-order valence-electron chi connectivity index (χ2n) is 7.62. The SMILES string of the molecule is CC(C)C(NC(=O)c1ccccc1Br)C(=O)Nc1ccc(N2CCCCC2)nc1. The standard InChI is InChI=1S/C22H27BrN4O2/c1-15(2)20(26-21(28)17-8-4-5-9-18(17)23)22(29)25-16-10-11-19(24-14-16)27-12-6-3-7-13-27/h4-5,8-11,14-15,20H,3,6-7,12-13H2,1-2H3,(H,25,29)(H,26,28). The lowest BCUT2D eigenvalue weighted by atomic mass is 10.0. The van der Waals surface area contributed by atoms with Gasteiger partial charge in [0, 0.05) is 17.6 Å². The first-order valence-corrected chi connectivity index (χ1v) is 10.8. The van der Waals surface area contributed by atoms with Gasteiger partial charge in [-0.2, -0.15) is 0 Å². The molecule has 1 saturated heterocycles. The number of nitrogens with zero attached hydrogens (tertiary/aromatic N) is 2. The summed E-state index contributed by atoms with van der Waals surface area (Å²) in [4.78, 5) is 32.2. The number of carbonyl (C=O) groups is 2. The summed E-state index contributed by atoms with van der Waals surface area (Å²) >= 11 is 3.38. The number of benzene rings is 1. The van der Waals surface area contributed by atoms with Crippen LogP contribution in [0.4, 0.5) is 11.5 Å². The van der Waals surface area contributed by atoms with Crippen molar-refractivity contribution in [2.24, 2.45) is 5.92 Å². The van der Waals surface area contributed by atoms with Crippen LogP contribution >= 0.6 is 15.9 Å². The lowest BCUT2D eigenvalue weighted by Crippen LogP contribution is -2.47. The highest BCUT2D eigenvalue weighted by Gasteiger charge is 2.25. The van der Waals surface area contributed by atoms with Crippen LogP contribution in [0.1, 0.15) is 43.5 Å². The Kier molecular flexibility index (Phi) is 7.25. The molecule has 2 amide bonds. The van der Waals surface area contributed by atoms with Crippen LogP contribution in [0.5, 0.6) is 0 Å². The molecule has 7 heteroatoms. The number of carbonyl (C=O) groups excluding carboxylic acids is 2. The molecule has 3 rings (SSSR count). The van der Waals surface area contributed by atoms with Gasteiger partial charge in [0.05, 0.1) is 17.4 Å². The topological polar surface area (TPSA) is 74.3 Å². The van der Waals surface area contributed by atoms with E-state index in [0.717, 1.165) is 18.9 Å². The van der Waals surface area contributed by atoms with Gasteiger partial charge in [0.15, 0.2) is 0 Å². The number of rotatable bonds is 6. The van der Waals surface area contributed by atoms with Crippen molar-refractivity contribution in [3.05, 3.63) is 52.6 Å². The highest BCUT2D eigenvalue weighted by Crippen LogP contribution is 2.20. The van der Waals surface area contributed by atoms with E-state index in [-0.39, 0.29) is 17.7 Å². The highest BCUT2D eigenvalue weighted by molar-refractivity contribution is 9.10. The van der Waals surface area contributed by atoms with Crippen molar-refractivity contribution in [1.82, 2.24) is 10.3 Å². The molecular weight excluding hydrogens is 432 g/mol. The zero-order valence-electron chi connectivity index (χ0n) is 16.8. The van der Waals surface area contributed by atoms with E-state index in [1.165, 1.54) is 19.3 Å². The van der Waals surface area contributed by atoms with Crippen LogP contribution in [0.15, 0.2) is 47.1 Å². The molecule has 1 atom stereocenters. The fourth-order valence-corrected chi connectivity index (χ4v) is 3.85. The van der Waals surface area contributed by atoms with Crippen LogP contribution in [0.25, 0.3) is 0 Å². The minimum absolute atomic E-state index is 0.0676. The van der Waals surface area contributed by atoms with E-state index in [1.54, 1.807) is 24.4 Å². The molecule has 1 aromatic carbocycles. The van der Waals surface area contributed by atoms with Crippen molar-refractivity contribution in [3.63, 3.8) is 0 Å². The van der Waals surface area contributed by atoms with E-state index in [9.17, 15) is 9.59 Å². The lowest BCUT2D eigenvalue weighted by molar-refractivity contribution is -0.118. The van der Waals surface area contributed by atoms with Crippen LogP contribution in [-0.4, -0.2) is 35.9 Å². The van der Waals surface area contributed by atoms with E-state index in [4.69, 9.17) is 0 Å². The Hall–Kier alpha value is -2.41. The first-order chi connectivity index (χ1) is 14.0. The Labute approximate surface area is 180 Å². The first kappa shape index (κ1) is 21.3. The van der Waals surface area contributed by atoms with Crippen LogP contribution < -0.4 is 15.5 Å². The molecule has 0 spiro atoms. The third-order valence-corrected chi connectivity index (χ3v) is 5.74. The number of piperidine rings is 1. The maximum Gasteiger partial charge on any atom is 0.253 e. The second-order valence-corrected chi connectivity index (χ2v) is 8.47. The average Bonchev–Trinajstić information content (AvgIpc) is 2.73. The molecule has 1 unspecified atom stereocenters. The van der Waals surface area contributed by atoms with E-state index in [0.29, 0.717) is 15.7 Å². The number of hydrogen-bond donors (Lipinski definition) is 2. The van der Waals surface area contributed by atoms with Gasteiger partial charge in [-0.25, -0.2) is 4.98 Å². The van der Waals surface area contributed by atoms with Gasteiger partial charge in [-0.15, -0.1) is 0 Å². The Morgan fingerprint density at radius 2 is 1.79 bits per heavy atom. The molecule has 2 N–H and O–H groups in total. The summed E-state index contributed by atoms with van der Waals surface area (Å²) in [6.45, 7) is 5.86. The molecule has 2 aromatic rings. The maximum absolute atomic E-state index is 12.8. The lowest BCUT2D eigenvalue weighted by Gasteiger charge is -2.27. The van der Waals surface area contributed by atoms with Crippen LogP contribution in [0.2, 0.25) is 0 Å². The van der Waals surface area contributed by atoms with Crippen LogP contribution in [0, 0.1) is 5.92 Å². The zero-order valence-corrected chi connectivity index (χ0v) is 18.4. The quantitative estimate of drug-likeness (QED) is 0.678. The molecule has 2 heterocycles. The Morgan fingerprint density at radius 3 is 2.41 bits per heavy atom. The summed E-state index contributed by atoms with van der Waals surface area (Å²) in [5.41, 5.74) is 1.12. The third kappa shape index (κ3) is 5.56. The third-order valence-electron chi connectivity index (χ3n) is 5.05. The summed E-state index contributed by atoms with van der Waals surface area (Å²) in [5, 5.41) is 5.73. The minimum atomic E-state index is -0.656. The van der Waals surface area contributed by atoms with Gasteiger partial charge in [0.2, 0.25) is 5.91 Å². The largest absolute Gasteiger partial charge is 0.357 e. The molecule has 0 bridgehead atoms. The summed E-state index contributed by atoms with van der Waals surface area (Å²) in [5.74, 6) is 0.324. The molecule has 1 aliphatic rings. The number of amides is 2. The van der Waals surface area contributed by atoms with E-state index in [1.807, 2.05) is 32.0 Å². The van der Waals surface area contributed by atoms with Gasteiger partial charge in [0.25, 0.3) is 5.91 Å². The van der Waals surface area contributed by atoms with Gasteiger partial charge in [-0.3, -0.25) is 9.59 Å². The zero-order chi connectivity index (χ0) is 20.8. The number of pyridine rings is 1. The van der Waals surface area contributed by atoms with Gasteiger partial charge < -0.3 is 15.5 Å². The number of aromatic nitrogens is 1. The van der Waals surface area contributed by atoms with Crippen molar-refractivity contribution >= 4 is 39.2 Å². The molecule has 29 heavy (non-hydrogen) atoms. The maximum atomic E-state index is 12.8. The summed E-state index contributed by atoms with van der Waals surface area (Å²) in [6.07, 6.45) is 5.32. The van der Waals surface area contributed by atoms with Gasteiger partial charge in [-0.05, 0) is 65.4 Å². The first-order valence-electron chi connectivity index (χ1n) is 10.0. The van der Waals surface area contributed by atoms with E-state index in [2.05, 4.69) is 36.4 Å². The molecule has 154 valence electrons. The summed E-state index contributed by atoms with van der Waals surface area (Å²) < 4.78 is 0.693. The van der Waals surface area contributed by atoms with Crippen molar-refractivity contribution < 1.29 is 9.59 Å². The Bertz CT molecular complexity index is 848. The predicted molar refractivity (Wildman–Crippen MR) is 119 cm³/mol. The fourth-order valence-electron chi connectivity index (χ4n) is 3.39. The van der Waals surface area contributed by atoms with Crippen molar-refractivity contribution in [3.8, 4) is 0 Å². The molecule has 1 aliphatic heterocycles. The molecule has 0 saturated carbocycles. The second kappa shape index (κ2) is 9.87. The number of nitrogens with one attached hydrogen (secondary N) is 2. The Balaban J connectivity index is 1.65. The average molecular weight is 459 g/mol. The van der Waals surface area contributed by atoms with Crippen molar-refractivity contribution in [2.45, 2.75) is 39.2 Å². The molecule has 1 fully saturated rings. The van der Waals surface area contributed by atoms with Crippen LogP contribution in [0.3, 0.4) is 0 Å². The van der Waals surface area contributed by atoms with E-state index >= 15 is 0 Å². The summed E-state index contributed by atoms with van der Waals surface area (Å²) in [7, 11) is 0. The highest BCUT2D eigenvalue weighted by atomic mass is 79.9. The molecular formula is C22H27BrN4O2. The molecule has 0 aliphatic carbocycles. The number of halogens is 1. The summed E-state index contributed by atoms with van der Waals surface area (Å²) in [6, 6.07) is 10.3. The molecule has 0 radical (unpaired) electrons. The van der Waals surface area contributed by atoms with Gasteiger partial charge in [0.1, 0.15) is 11.9 Å². The number of hydrogen-bond acceptors (Lipinski definition) is 4.